The summed E-state index contributed by atoms with van der Waals surface area (Å²) in [4.78, 5) is 36.1. The quantitative estimate of drug-likeness (QED) is 0.620. The van der Waals surface area contributed by atoms with Crippen LogP contribution >= 0.6 is 12.2 Å². The summed E-state index contributed by atoms with van der Waals surface area (Å²) in [5.41, 5.74) is 6.68. The van der Waals surface area contributed by atoms with Gasteiger partial charge in [0.15, 0.2) is 0 Å². The highest BCUT2D eigenvalue weighted by atomic mass is 32.1. The van der Waals surface area contributed by atoms with Crippen molar-refractivity contribution in [1.29, 1.82) is 0 Å². The van der Waals surface area contributed by atoms with Gasteiger partial charge in [0.25, 0.3) is 0 Å². The Morgan fingerprint density at radius 3 is 2.48 bits per heavy atom. The molecular weight excluding hydrogens is 290 g/mol. The largest absolute Gasteiger partial charge is 0.389 e. The third kappa shape index (κ3) is 3.63. The van der Waals surface area contributed by atoms with E-state index >= 15 is 0 Å². The van der Waals surface area contributed by atoms with E-state index in [-0.39, 0.29) is 48.5 Å². The van der Waals surface area contributed by atoms with Crippen molar-refractivity contribution >= 4 is 40.6 Å². The van der Waals surface area contributed by atoms with E-state index in [2.05, 4.69) is 5.32 Å². The Morgan fingerprint density at radius 1 is 1.24 bits per heavy atom. The number of hydrogen-bond donors (Lipinski definition) is 2. The number of thiocarbonyl (C=S) groups is 1. The SMILES string of the molecule is NC(=S)c1ccccc1NC(=O)CCN1C(=O)CCC1=O. The molecular formula is C14H15N3O3S. The average molecular weight is 305 g/mol. The van der Waals surface area contributed by atoms with Gasteiger partial charge >= 0.3 is 0 Å². The van der Waals surface area contributed by atoms with Gasteiger partial charge in [-0.2, -0.15) is 0 Å². The first-order valence-corrected chi connectivity index (χ1v) is 6.91. The van der Waals surface area contributed by atoms with Crippen LogP contribution in [0.15, 0.2) is 24.3 Å². The number of carbonyl (C=O) groups is 3. The van der Waals surface area contributed by atoms with Gasteiger partial charge in [-0.1, -0.05) is 24.4 Å². The highest BCUT2D eigenvalue weighted by Gasteiger charge is 2.28. The Kier molecular flexibility index (Phi) is 4.64. The molecule has 1 saturated heterocycles. The van der Waals surface area contributed by atoms with Gasteiger partial charge in [0.05, 0.1) is 5.69 Å². The lowest BCUT2D eigenvalue weighted by atomic mass is 10.1. The fourth-order valence-electron chi connectivity index (χ4n) is 2.11. The molecule has 2 rings (SSSR count). The third-order valence-corrected chi connectivity index (χ3v) is 3.40. The van der Waals surface area contributed by atoms with Crippen molar-refractivity contribution in [3.8, 4) is 0 Å². The van der Waals surface area contributed by atoms with Crippen molar-refractivity contribution in [1.82, 2.24) is 4.90 Å². The average Bonchev–Trinajstić information content (AvgIpc) is 2.76. The molecule has 21 heavy (non-hydrogen) atoms. The van der Waals surface area contributed by atoms with E-state index in [1.807, 2.05) is 0 Å². The Bertz CT molecular complexity index is 599. The molecule has 3 amide bonds. The number of para-hydroxylation sites is 1. The number of anilines is 1. The molecule has 0 unspecified atom stereocenters. The first-order valence-electron chi connectivity index (χ1n) is 6.51. The van der Waals surface area contributed by atoms with E-state index in [0.717, 1.165) is 4.90 Å². The first kappa shape index (κ1) is 15.1. The molecule has 0 spiro atoms. The minimum atomic E-state index is -0.300. The molecule has 7 heteroatoms. The highest BCUT2D eigenvalue weighted by Crippen LogP contribution is 2.16. The van der Waals surface area contributed by atoms with Crippen molar-refractivity contribution in [3.05, 3.63) is 29.8 Å². The number of imide groups is 1. The summed E-state index contributed by atoms with van der Waals surface area (Å²) in [6, 6.07) is 6.93. The number of carbonyl (C=O) groups excluding carboxylic acids is 3. The van der Waals surface area contributed by atoms with E-state index in [1.54, 1.807) is 24.3 Å². The van der Waals surface area contributed by atoms with Gasteiger partial charge in [-0.05, 0) is 12.1 Å². The number of amides is 3. The molecule has 110 valence electrons. The number of rotatable bonds is 5. The molecule has 0 saturated carbocycles. The number of likely N-dealkylation sites (tertiary alicyclic amines) is 1. The minimum Gasteiger partial charge on any atom is -0.389 e. The molecule has 1 heterocycles. The molecule has 6 nitrogen and oxygen atoms in total. The maximum atomic E-state index is 11.9. The zero-order chi connectivity index (χ0) is 15.4. The molecule has 0 aromatic heterocycles. The fourth-order valence-corrected chi connectivity index (χ4v) is 2.28. The van der Waals surface area contributed by atoms with Crippen LogP contribution in [0.25, 0.3) is 0 Å². The second-order valence-electron chi connectivity index (χ2n) is 4.65. The van der Waals surface area contributed by atoms with Crippen molar-refractivity contribution in [2.24, 2.45) is 5.73 Å². The summed E-state index contributed by atoms with van der Waals surface area (Å²) in [5, 5.41) is 2.69. The van der Waals surface area contributed by atoms with Crippen LogP contribution < -0.4 is 11.1 Å². The van der Waals surface area contributed by atoms with Crippen molar-refractivity contribution < 1.29 is 14.4 Å². The predicted octanol–water partition coefficient (Wildman–Crippen LogP) is 0.798. The lowest BCUT2D eigenvalue weighted by molar-refractivity contribution is -0.138. The van der Waals surface area contributed by atoms with E-state index in [0.29, 0.717) is 11.3 Å². The molecule has 0 bridgehead atoms. The van der Waals surface area contributed by atoms with Crippen molar-refractivity contribution in [2.75, 3.05) is 11.9 Å². The van der Waals surface area contributed by atoms with Gasteiger partial charge in [-0.15, -0.1) is 0 Å². The number of nitrogens with two attached hydrogens (primary N) is 1. The molecule has 1 aromatic rings. The standard InChI is InChI=1S/C14H15N3O3S/c15-14(21)9-3-1-2-4-10(9)16-11(18)7-8-17-12(19)5-6-13(17)20/h1-4H,5-8H2,(H2,15,21)(H,16,18). The Hall–Kier alpha value is -2.28. The van der Waals surface area contributed by atoms with Crippen LogP contribution in [-0.4, -0.2) is 34.2 Å². The zero-order valence-electron chi connectivity index (χ0n) is 11.3. The number of benzene rings is 1. The van der Waals surface area contributed by atoms with Gasteiger partial charge in [-0.25, -0.2) is 0 Å². The monoisotopic (exact) mass is 305 g/mol. The second-order valence-corrected chi connectivity index (χ2v) is 5.09. The maximum Gasteiger partial charge on any atom is 0.229 e. The lowest BCUT2D eigenvalue weighted by Gasteiger charge is -2.14. The van der Waals surface area contributed by atoms with Crippen LogP contribution in [0.2, 0.25) is 0 Å². The molecule has 0 aliphatic carbocycles. The van der Waals surface area contributed by atoms with Gasteiger partial charge in [0.2, 0.25) is 17.7 Å². The van der Waals surface area contributed by atoms with E-state index in [4.69, 9.17) is 18.0 Å². The molecule has 1 aliphatic heterocycles. The fraction of sp³-hybridized carbons (Fsp3) is 0.286. The molecule has 1 aliphatic rings. The first-order chi connectivity index (χ1) is 9.99. The van der Waals surface area contributed by atoms with Crippen LogP contribution in [0.1, 0.15) is 24.8 Å². The molecule has 1 aromatic carbocycles. The summed E-state index contributed by atoms with van der Waals surface area (Å²) < 4.78 is 0. The molecule has 3 N–H and O–H groups in total. The topological polar surface area (TPSA) is 92.5 Å². The van der Waals surface area contributed by atoms with Crippen LogP contribution in [0.4, 0.5) is 5.69 Å². The molecule has 0 atom stereocenters. The van der Waals surface area contributed by atoms with Crippen molar-refractivity contribution in [3.63, 3.8) is 0 Å². The van der Waals surface area contributed by atoms with Crippen LogP contribution in [0, 0.1) is 0 Å². The van der Waals surface area contributed by atoms with E-state index < -0.39 is 0 Å². The highest BCUT2D eigenvalue weighted by molar-refractivity contribution is 7.80. The zero-order valence-corrected chi connectivity index (χ0v) is 12.1. The third-order valence-electron chi connectivity index (χ3n) is 3.18. The summed E-state index contributed by atoms with van der Waals surface area (Å²) in [6.45, 7) is 0.0960. The van der Waals surface area contributed by atoms with Gasteiger partial charge in [0.1, 0.15) is 4.99 Å². The van der Waals surface area contributed by atoms with Crippen LogP contribution in [0.3, 0.4) is 0 Å². The number of nitrogens with zero attached hydrogens (tertiary/aromatic N) is 1. The normalized spacial score (nSPS) is 14.4. The number of hydrogen-bond acceptors (Lipinski definition) is 4. The van der Waals surface area contributed by atoms with Crippen LogP contribution in [-0.2, 0) is 14.4 Å². The van der Waals surface area contributed by atoms with Crippen molar-refractivity contribution in [2.45, 2.75) is 19.3 Å². The summed E-state index contributed by atoms with van der Waals surface area (Å²) in [7, 11) is 0. The number of nitrogens with one attached hydrogen (secondary N) is 1. The summed E-state index contributed by atoms with van der Waals surface area (Å²) >= 11 is 4.91. The second kappa shape index (κ2) is 6.45. The smallest absolute Gasteiger partial charge is 0.229 e. The van der Waals surface area contributed by atoms with Gasteiger partial charge < -0.3 is 11.1 Å². The van der Waals surface area contributed by atoms with Gasteiger partial charge in [0, 0.05) is 31.4 Å². The maximum absolute atomic E-state index is 11.9. The Labute approximate surface area is 127 Å². The molecule has 0 radical (unpaired) electrons. The minimum absolute atomic E-state index is 0.0448. The lowest BCUT2D eigenvalue weighted by Crippen LogP contribution is -2.32. The van der Waals surface area contributed by atoms with E-state index in [9.17, 15) is 14.4 Å². The summed E-state index contributed by atoms with van der Waals surface area (Å²) in [6.07, 6.45) is 0.499. The van der Waals surface area contributed by atoms with E-state index in [1.165, 1.54) is 0 Å². The molecule has 1 fully saturated rings. The Morgan fingerprint density at radius 2 is 1.86 bits per heavy atom. The Balaban J connectivity index is 1.95. The van der Waals surface area contributed by atoms with Gasteiger partial charge in [-0.3, -0.25) is 19.3 Å². The summed E-state index contributed by atoms with van der Waals surface area (Å²) in [5.74, 6) is -0.751. The van der Waals surface area contributed by atoms with Crippen LogP contribution in [0.5, 0.6) is 0 Å². The predicted molar refractivity (Wildman–Crippen MR) is 81.5 cm³/mol.